The minimum atomic E-state index is -0.175. The number of aromatic amines is 1. The Hall–Kier alpha value is -2.38. The summed E-state index contributed by atoms with van der Waals surface area (Å²) >= 11 is 7.29. The molecule has 0 bridgehead atoms. The van der Waals surface area contributed by atoms with Gasteiger partial charge in [0.05, 0.1) is 36.2 Å². The number of carbonyl (C=O) groups excluding carboxylic acids is 1. The third kappa shape index (κ3) is 4.42. The maximum atomic E-state index is 12.2. The second-order valence-corrected chi connectivity index (χ2v) is 6.74. The number of imidazole rings is 1. The van der Waals surface area contributed by atoms with E-state index in [0.717, 1.165) is 16.8 Å². The minimum Gasteiger partial charge on any atom is -0.495 e. The summed E-state index contributed by atoms with van der Waals surface area (Å²) < 4.78 is 10.7. The van der Waals surface area contributed by atoms with E-state index in [1.807, 2.05) is 25.1 Å². The Morgan fingerprint density at radius 3 is 2.92 bits per heavy atom. The molecule has 0 spiro atoms. The molecule has 0 radical (unpaired) electrons. The quantitative estimate of drug-likeness (QED) is 0.585. The normalized spacial score (nSPS) is 10.7. The van der Waals surface area contributed by atoms with Gasteiger partial charge in [-0.3, -0.25) is 4.79 Å². The average Bonchev–Trinajstić information content (AvgIpc) is 3.03. The number of carbonyl (C=O) groups is 1. The number of amides is 1. The van der Waals surface area contributed by atoms with Crippen LogP contribution >= 0.6 is 23.4 Å². The third-order valence-electron chi connectivity index (χ3n) is 3.52. The van der Waals surface area contributed by atoms with E-state index in [-0.39, 0.29) is 11.7 Å². The molecule has 26 heavy (non-hydrogen) atoms. The Morgan fingerprint density at radius 1 is 1.31 bits per heavy atom. The third-order valence-corrected chi connectivity index (χ3v) is 4.63. The number of benzene rings is 2. The number of methoxy groups -OCH3 is 1. The van der Waals surface area contributed by atoms with Crippen LogP contribution in [0.1, 0.15) is 6.92 Å². The maximum Gasteiger partial charge on any atom is 0.234 e. The molecule has 8 heteroatoms. The Labute approximate surface area is 160 Å². The number of hydrogen-bond donors (Lipinski definition) is 2. The van der Waals surface area contributed by atoms with Gasteiger partial charge in [0.1, 0.15) is 11.5 Å². The van der Waals surface area contributed by atoms with Gasteiger partial charge in [-0.05, 0) is 37.3 Å². The number of halogens is 1. The van der Waals surface area contributed by atoms with Crippen LogP contribution < -0.4 is 14.8 Å². The second kappa shape index (κ2) is 8.33. The molecule has 0 saturated heterocycles. The molecule has 2 aromatic carbocycles. The number of anilines is 1. The number of thioether (sulfide) groups is 1. The van der Waals surface area contributed by atoms with Crippen molar-refractivity contribution in [2.75, 3.05) is 24.8 Å². The van der Waals surface area contributed by atoms with E-state index in [9.17, 15) is 4.79 Å². The van der Waals surface area contributed by atoms with Gasteiger partial charge >= 0.3 is 0 Å². The highest BCUT2D eigenvalue weighted by Gasteiger charge is 2.11. The summed E-state index contributed by atoms with van der Waals surface area (Å²) in [5.74, 6) is 1.37. The van der Waals surface area contributed by atoms with Gasteiger partial charge in [-0.1, -0.05) is 23.4 Å². The molecule has 136 valence electrons. The number of rotatable bonds is 7. The van der Waals surface area contributed by atoms with Crippen molar-refractivity contribution in [2.24, 2.45) is 0 Å². The number of ether oxygens (including phenoxy) is 2. The molecule has 2 N–H and O–H groups in total. The molecule has 0 aliphatic heterocycles. The standard InChI is InChI=1S/C18H18ClN3O3S/c1-3-25-12-5-6-13-14(9-12)22-18(21-13)26-10-17(23)20-15-8-11(19)4-7-16(15)24-2/h4-9H,3,10H2,1-2H3,(H,20,23)(H,21,22). The van der Waals surface area contributed by atoms with Crippen LogP contribution in [0.2, 0.25) is 5.02 Å². The molecular formula is C18H18ClN3O3S. The molecule has 0 fully saturated rings. The molecule has 0 atom stereocenters. The van der Waals surface area contributed by atoms with E-state index in [1.165, 1.54) is 11.8 Å². The first-order chi connectivity index (χ1) is 12.6. The minimum absolute atomic E-state index is 0.175. The molecule has 0 aliphatic rings. The van der Waals surface area contributed by atoms with Gasteiger partial charge in [0.25, 0.3) is 0 Å². The fourth-order valence-corrected chi connectivity index (χ4v) is 3.25. The monoisotopic (exact) mass is 391 g/mol. The smallest absolute Gasteiger partial charge is 0.234 e. The molecule has 3 rings (SSSR count). The summed E-state index contributed by atoms with van der Waals surface area (Å²) in [7, 11) is 1.54. The maximum absolute atomic E-state index is 12.2. The van der Waals surface area contributed by atoms with Crippen LogP contribution in [-0.2, 0) is 4.79 Å². The zero-order valence-corrected chi connectivity index (χ0v) is 15.9. The van der Waals surface area contributed by atoms with Crippen LogP contribution in [-0.4, -0.2) is 35.3 Å². The zero-order chi connectivity index (χ0) is 18.5. The van der Waals surface area contributed by atoms with Crippen molar-refractivity contribution in [3.05, 3.63) is 41.4 Å². The van der Waals surface area contributed by atoms with Crippen molar-refractivity contribution in [2.45, 2.75) is 12.1 Å². The molecule has 1 amide bonds. The highest BCUT2D eigenvalue weighted by molar-refractivity contribution is 7.99. The van der Waals surface area contributed by atoms with Gasteiger partial charge in [-0.25, -0.2) is 4.98 Å². The van der Waals surface area contributed by atoms with Gasteiger partial charge < -0.3 is 19.8 Å². The molecule has 1 aromatic heterocycles. The molecule has 0 saturated carbocycles. The Morgan fingerprint density at radius 2 is 2.15 bits per heavy atom. The predicted molar refractivity (Wildman–Crippen MR) is 105 cm³/mol. The lowest BCUT2D eigenvalue weighted by molar-refractivity contribution is -0.113. The summed E-state index contributed by atoms with van der Waals surface area (Å²) in [5.41, 5.74) is 2.24. The summed E-state index contributed by atoms with van der Waals surface area (Å²) in [5, 5.41) is 3.99. The lowest BCUT2D eigenvalue weighted by Crippen LogP contribution is -2.14. The van der Waals surface area contributed by atoms with E-state index >= 15 is 0 Å². The van der Waals surface area contributed by atoms with Crippen molar-refractivity contribution in [3.63, 3.8) is 0 Å². The number of nitrogens with one attached hydrogen (secondary N) is 2. The van der Waals surface area contributed by atoms with Crippen LogP contribution in [0.4, 0.5) is 5.69 Å². The Balaban J connectivity index is 1.64. The average molecular weight is 392 g/mol. The number of nitrogens with zero attached hydrogens (tertiary/aromatic N) is 1. The van der Waals surface area contributed by atoms with Crippen molar-refractivity contribution in [1.29, 1.82) is 0 Å². The highest BCUT2D eigenvalue weighted by Crippen LogP contribution is 2.28. The fraction of sp³-hybridized carbons (Fsp3) is 0.222. The molecule has 0 aliphatic carbocycles. The summed E-state index contributed by atoms with van der Waals surface area (Å²) in [6.07, 6.45) is 0. The molecule has 0 unspecified atom stereocenters. The van der Waals surface area contributed by atoms with Crippen molar-refractivity contribution in [3.8, 4) is 11.5 Å². The first kappa shape index (κ1) is 18.4. The van der Waals surface area contributed by atoms with E-state index < -0.39 is 0 Å². The molecular weight excluding hydrogens is 374 g/mol. The van der Waals surface area contributed by atoms with Gasteiger partial charge in [0.2, 0.25) is 5.91 Å². The fourth-order valence-electron chi connectivity index (χ4n) is 2.39. The number of H-pyrrole nitrogens is 1. The molecule has 3 aromatic rings. The first-order valence-electron chi connectivity index (χ1n) is 7.98. The van der Waals surface area contributed by atoms with Crippen LogP contribution in [0.3, 0.4) is 0 Å². The van der Waals surface area contributed by atoms with Crippen molar-refractivity contribution < 1.29 is 14.3 Å². The van der Waals surface area contributed by atoms with Gasteiger partial charge in [0.15, 0.2) is 5.16 Å². The van der Waals surface area contributed by atoms with Gasteiger partial charge in [-0.2, -0.15) is 0 Å². The van der Waals surface area contributed by atoms with Crippen LogP contribution in [0.5, 0.6) is 11.5 Å². The lowest BCUT2D eigenvalue weighted by atomic mass is 10.3. The number of hydrogen-bond acceptors (Lipinski definition) is 5. The Bertz CT molecular complexity index is 929. The van der Waals surface area contributed by atoms with Crippen LogP contribution in [0.25, 0.3) is 11.0 Å². The lowest BCUT2D eigenvalue weighted by Gasteiger charge is -2.10. The van der Waals surface area contributed by atoms with Gasteiger partial charge in [0, 0.05) is 11.1 Å². The van der Waals surface area contributed by atoms with Gasteiger partial charge in [-0.15, -0.1) is 0 Å². The van der Waals surface area contributed by atoms with Crippen LogP contribution in [0, 0.1) is 0 Å². The topological polar surface area (TPSA) is 76.2 Å². The van der Waals surface area contributed by atoms with Crippen LogP contribution in [0.15, 0.2) is 41.6 Å². The van der Waals surface area contributed by atoms with Crippen molar-refractivity contribution >= 4 is 46.0 Å². The second-order valence-electron chi connectivity index (χ2n) is 5.34. The number of fused-ring (bicyclic) bond motifs is 1. The highest BCUT2D eigenvalue weighted by atomic mass is 35.5. The molecule has 1 heterocycles. The SMILES string of the molecule is CCOc1ccc2nc(SCC(=O)Nc3cc(Cl)ccc3OC)[nH]c2c1. The molecule has 6 nitrogen and oxygen atoms in total. The largest absolute Gasteiger partial charge is 0.495 e. The predicted octanol–water partition coefficient (Wildman–Crippen LogP) is 4.35. The summed E-state index contributed by atoms with van der Waals surface area (Å²) in [6.45, 7) is 2.54. The summed E-state index contributed by atoms with van der Waals surface area (Å²) in [6, 6.07) is 10.7. The van der Waals surface area contributed by atoms with E-state index in [4.69, 9.17) is 21.1 Å². The van der Waals surface area contributed by atoms with E-state index in [1.54, 1.807) is 25.3 Å². The van der Waals surface area contributed by atoms with E-state index in [2.05, 4.69) is 15.3 Å². The summed E-state index contributed by atoms with van der Waals surface area (Å²) in [4.78, 5) is 19.9. The first-order valence-corrected chi connectivity index (χ1v) is 9.34. The zero-order valence-electron chi connectivity index (χ0n) is 14.3. The number of aromatic nitrogens is 2. The van der Waals surface area contributed by atoms with E-state index in [0.29, 0.717) is 28.2 Å². The van der Waals surface area contributed by atoms with Crippen molar-refractivity contribution in [1.82, 2.24) is 9.97 Å². The Kier molecular flexibility index (Phi) is 5.90.